The zero-order chi connectivity index (χ0) is 20.2. The SMILES string of the molecule is C=CC(=O)OC=COc1ccc(-c2ccc(OC=COC(=O)C=C)cc2)cc1. The van der Waals surface area contributed by atoms with Crippen molar-refractivity contribution in [2.45, 2.75) is 0 Å². The Hall–Kier alpha value is -4.06. The van der Waals surface area contributed by atoms with Crippen LogP contribution in [0.4, 0.5) is 0 Å². The van der Waals surface area contributed by atoms with Gasteiger partial charge >= 0.3 is 11.9 Å². The third-order valence-corrected chi connectivity index (χ3v) is 3.26. The molecule has 0 saturated heterocycles. The number of hydrogen-bond acceptors (Lipinski definition) is 6. The van der Waals surface area contributed by atoms with E-state index in [0.29, 0.717) is 11.5 Å². The van der Waals surface area contributed by atoms with Gasteiger partial charge in [0.25, 0.3) is 0 Å². The summed E-state index contributed by atoms with van der Waals surface area (Å²) in [5, 5.41) is 0. The van der Waals surface area contributed by atoms with Crippen LogP contribution in [0.3, 0.4) is 0 Å². The molecule has 0 unspecified atom stereocenters. The molecule has 142 valence electrons. The van der Waals surface area contributed by atoms with Crippen LogP contribution in [0.2, 0.25) is 0 Å². The van der Waals surface area contributed by atoms with Gasteiger partial charge in [-0.1, -0.05) is 37.4 Å². The second-order valence-electron chi connectivity index (χ2n) is 5.11. The van der Waals surface area contributed by atoms with Crippen molar-refractivity contribution >= 4 is 11.9 Å². The predicted molar refractivity (Wildman–Crippen MR) is 104 cm³/mol. The van der Waals surface area contributed by atoms with Crippen molar-refractivity contribution < 1.29 is 28.5 Å². The summed E-state index contributed by atoms with van der Waals surface area (Å²) in [5.41, 5.74) is 1.97. The fourth-order valence-corrected chi connectivity index (χ4v) is 1.95. The van der Waals surface area contributed by atoms with Gasteiger partial charge in [0.15, 0.2) is 0 Å². The van der Waals surface area contributed by atoms with Crippen molar-refractivity contribution in [1.82, 2.24) is 0 Å². The first kappa shape index (κ1) is 20.3. The van der Waals surface area contributed by atoms with Crippen molar-refractivity contribution in [2.75, 3.05) is 0 Å². The Morgan fingerprint density at radius 3 is 1.29 bits per heavy atom. The normalized spacial score (nSPS) is 10.4. The Kier molecular flexibility index (Phi) is 7.83. The summed E-state index contributed by atoms with van der Waals surface area (Å²) in [5.74, 6) is 0.0643. The molecule has 0 amide bonds. The second kappa shape index (κ2) is 10.8. The van der Waals surface area contributed by atoms with E-state index in [-0.39, 0.29) is 0 Å². The van der Waals surface area contributed by atoms with E-state index in [1.807, 2.05) is 24.3 Å². The number of carbonyl (C=O) groups excluding carboxylic acids is 2. The van der Waals surface area contributed by atoms with Gasteiger partial charge in [0.1, 0.15) is 36.5 Å². The van der Waals surface area contributed by atoms with Gasteiger partial charge in [-0.2, -0.15) is 0 Å². The first-order valence-corrected chi connectivity index (χ1v) is 8.12. The van der Waals surface area contributed by atoms with E-state index >= 15 is 0 Å². The molecule has 0 radical (unpaired) electrons. The number of benzene rings is 2. The van der Waals surface area contributed by atoms with E-state index in [0.717, 1.165) is 35.8 Å². The monoisotopic (exact) mass is 378 g/mol. The van der Waals surface area contributed by atoms with Crippen LogP contribution in [0.1, 0.15) is 0 Å². The molecule has 0 spiro atoms. The summed E-state index contributed by atoms with van der Waals surface area (Å²) in [6.07, 6.45) is 6.93. The minimum Gasteiger partial charge on any atom is -0.462 e. The van der Waals surface area contributed by atoms with Gasteiger partial charge in [0, 0.05) is 12.2 Å². The molecule has 6 nitrogen and oxygen atoms in total. The molecule has 0 fully saturated rings. The molecule has 6 heteroatoms. The standard InChI is InChI=1S/C22H18O6/c1-3-21(23)27-15-13-25-19-9-5-17(6-10-19)18-7-11-20(12-8-18)26-14-16-28-22(24)4-2/h3-16H,1-2H2. The topological polar surface area (TPSA) is 71.1 Å². The highest BCUT2D eigenvalue weighted by atomic mass is 16.5. The van der Waals surface area contributed by atoms with Gasteiger partial charge in [0.2, 0.25) is 0 Å². The molecule has 0 bridgehead atoms. The Balaban J connectivity index is 1.89. The number of esters is 2. The number of ether oxygens (including phenoxy) is 4. The lowest BCUT2D eigenvalue weighted by atomic mass is 10.1. The van der Waals surface area contributed by atoms with E-state index in [1.165, 1.54) is 12.5 Å². The summed E-state index contributed by atoms with van der Waals surface area (Å²) in [6, 6.07) is 14.7. The molecule has 2 aromatic rings. The first-order chi connectivity index (χ1) is 13.6. The zero-order valence-electron chi connectivity index (χ0n) is 14.9. The molecular weight excluding hydrogens is 360 g/mol. The maximum absolute atomic E-state index is 10.9. The molecule has 2 aromatic carbocycles. The number of rotatable bonds is 9. The molecule has 0 aliphatic carbocycles. The smallest absolute Gasteiger partial charge is 0.335 e. The molecule has 0 aliphatic rings. The van der Waals surface area contributed by atoms with Crippen LogP contribution in [0.15, 0.2) is 98.9 Å². The van der Waals surface area contributed by atoms with Crippen molar-refractivity contribution in [2.24, 2.45) is 0 Å². The van der Waals surface area contributed by atoms with Crippen LogP contribution < -0.4 is 9.47 Å². The van der Waals surface area contributed by atoms with Crippen LogP contribution in [0, 0.1) is 0 Å². The minimum absolute atomic E-state index is 0.559. The summed E-state index contributed by atoms with van der Waals surface area (Å²) in [6.45, 7) is 6.58. The van der Waals surface area contributed by atoms with Crippen LogP contribution in [-0.4, -0.2) is 11.9 Å². The van der Waals surface area contributed by atoms with Crippen molar-refractivity contribution in [3.63, 3.8) is 0 Å². The Labute approximate surface area is 162 Å². The lowest BCUT2D eigenvalue weighted by Gasteiger charge is -2.05. The Morgan fingerprint density at radius 2 is 0.964 bits per heavy atom. The van der Waals surface area contributed by atoms with Gasteiger partial charge in [-0.3, -0.25) is 0 Å². The molecule has 0 aliphatic heterocycles. The fourth-order valence-electron chi connectivity index (χ4n) is 1.95. The molecule has 0 saturated carbocycles. The third-order valence-electron chi connectivity index (χ3n) is 3.26. The van der Waals surface area contributed by atoms with Crippen LogP contribution in [-0.2, 0) is 19.1 Å². The van der Waals surface area contributed by atoms with E-state index in [4.69, 9.17) is 9.47 Å². The highest BCUT2D eigenvalue weighted by Crippen LogP contribution is 2.24. The predicted octanol–water partition coefficient (Wildman–Crippen LogP) is 4.51. The maximum Gasteiger partial charge on any atom is 0.335 e. The summed E-state index contributed by atoms with van der Waals surface area (Å²) >= 11 is 0. The Morgan fingerprint density at radius 1 is 0.607 bits per heavy atom. The molecule has 0 aromatic heterocycles. The molecule has 0 heterocycles. The van der Waals surface area contributed by atoms with Crippen molar-refractivity contribution in [3.05, 3.63) is 98.9 Å². The first-order valence-electron chi connectivity index (χ1n) is 8.12. The molecule has 0 N–H and O–H groups in total. The van der Waals surface area contributed by atoms with Crippen LogP contribution in [0.5, 0.6) is 11.5 Å². The summed E-state index contributed by atoms with van der Waals surface area (Å²) in [7, 11) is 0. The van der Waals surface area contributed by atoms with Crippen LogP contribution >= 0.6 is 0 Å². The molecule has 28 heavy (non-hydrogen) atoms. The largest absolute Gasteiger partial charge is 0.462 e. The average molecular weight is 378 g/mol. The quantitative estimate of drug-likeness (QED) is 0.363. The highest BCUT2D eigenvalue weighted by molar-refractivity contribution is 5.82. The van der Waals surface area contributed by atoms with E-state index in [1.54, 1.807) is 24.3 Å². The zero-order valence-corrected chi connectivity index (χ0v) is 14.9. The molecular formula is C22H18O6. The average Bonchev–Trinajstić information content (AvgIpc) is 2.74. The van der Waals surface area contributed by atoms with Gasteiger partial charge in [-0.05, 0) is 35.4 Å². The van der Waals surface area contributed by atoms with E-state index in [9.17, 15) is 9.59 Å². The molecule has 2 rings (SSSR count). The second-order valence-corrected chi connectivity index (χ2v) is 5.11. The lowest BCUT2D eigenvalue weighted by Crippen LogP contribution is -1.93. The van der Waals surface area contributed by atoms with Crippen molar-refractivity contribution in [3.8, 4) is 22.6 Å². The minimum atomic E-state index is -0.559. The van der Waals surface area contributed by atoms with Gasteiger partial charge < -0.3 is 18.9 Å². The molecule has 0 atom stereocenters. The summed E-state index contributed by atoms with van der Waals surface area (Å²) in [4.78, 5) is 21.8. The van der Waals surface area contributed by atoms with Gasteiger partial charge in [-0.25, -0.2) is 9.59 Å². The van der Waals surface area contributed by atoms with Gasteiger partial charge in [0.05, 0.1) is 0 Å². The number of carbonyl (C=O) groups is 2. The van der Waals surface area contributed by atoms with E-state index in [2.05, 4.69) is 22.6 Å². The van der Waals surface area contributed by atoms with Crippen molar-refractivity contribution in [1.29, 1.82) is 0 Å². The third kappa shape index (κ3) is 6.68. The number of hydrogen-bond donors (Lipinski definition) is 0. The van der Waals surface area contributed by atoms with Crippen LogP contribution in [0.25, 0.3) is 11.1 Å². The van der Waals surface area contributed by atoms with E-state index < -0.39 is 11.9 Å². The lowest BCUT2D eigenvalue weighted by molar-refractivity contribution is -0.133. The van der Waals surface area contributed by atoms with Gasteiger partial charge in [-0.15, -0.1) is 0 Å². The summed E-state index contributed by atoms with van der Waals surface area (Å²) < 4.78 is 20.0. The maximum atomic E-state index is 10.9. The highest BCUT2D eigenvalue weighted by Gasteiger charge is 2.00. The Bertz CT molecular complexity index is 801. The fraction of sp³-hybridized carbons (Fsp3) is 0.